The van der Waals surface area contributed by atoms with E-state index < -0.39 is 0 Å². The van der Waals surface area contributed by atoms with Gasteiger partial charge in [0.2, 0.25) is 0 Å². The van der Waals surface area contributed by atoms with Crippen LogP contribution in [0.4, 0.5) is 0 Å². The topological polar surface area (TPSA) is 68.0 Å². The first-order valence-electron chi connectivity index (χ1n) is 9.78. The summed E-state index contributed by atoms with van der Waals surface area (Å²) in [5, 5.41) is 0. The van der Waals surface area contributed by atoms with Crippen molar-refractivity contribution in [2.24, 2.45) is 11.7 Å². The monoisotopic (exact) mass is 361 g/mol. The number of nitrogens with two attached hydrogens (primary N) is 1. The molecule has 0 unspecified atom stereocenters. The minimum atomic E-state index is 0.0764. The highest BCUT2D eigenvalue weighted by atomic mass is 16.5. The third-order valence-corrected chi connectivity index (χ3v) is 5.34. The summed E-state index contributed by atoms with van der Waals surface area (Å²) < 4.78 is 11.2. The Labute approximate surface area is 156 Å². The number of piperazine rings is 1. The van der Waals surface area contributed by atoms with Crippen molar-refractivity contribution in [3.05, 3.63) is 29.8 Å². The van der Waals surface area contributed by atoms with E-state index in [4.69, 9.17) is 15.2 Å². The number of carbonyl (C=O) groups excluding carboxylic acids is 1. The molecule has 1 heterocycles. The van der Waals surface area contributed by atoms with Crippen LogP contribution in [0.2, 0.25) is 0 Å². The van der Waals surface area contributed by atoms with Gasteiger partial charge in [0.1, 0.15) is 12.5 Å². The molecule has 2 fully saturated rings. The molecule has 2 aliphatic rings. The Balaban J connectivity index is 1.50. The van der Waals surface area contributed by atoms with Crippen molar-refractivity contribution in [2.45, 2.75) is 32.1 Å². The van der Waals surface area contributed by atoms with Gasteiger partial charge in [-0.25, -0.2) is 0 Å². The van der Waals surface area contributed by atoms with Gasteiger partial charge in [0.15, 0.2) is 0 Å². The number of amides is 1. The molecule has 0 radical (unpaired) electrons. The van der Waals surface area contributed by atoms with Gasteiger partial charge in [-0.15, -0.1) is 0 Å². The van der Waals surface area contributed by atoms with E-state index in [1.807, 2.05) is 29.2 Å². The molecule has 1 saturated carbocycles. The van der Waals surface area contributed by atoms with Crippen molar-refractivity contribution in [3.63, 3.8) is 0 Å². The summed E-state index contributed by atoms with van der Waals surface area (Å²) in [6.07, 6.45) is 6.50. The SMILES string of the molecule is NCOCN1CCN(C(=O)c2cccc(OCC3CCCCC3)c2)CC1. The summed E-state index contributed by atoms with van der Waals surface area (Å²) >= 11 is 0. The fourth-order valence-corrected chi connectivity index (χ4v) is 3.73. The fraction of sp³-hybridized carbons (Fsp3) is 0.650. The number of nitrogens with zero attached hydrogens (tertiary/aromatic N) is 2. The smallest absolute Gasteiger partial charge is 0.254 e. The molecule has 2 N–H and O–H groups in total. The van der Waals surface area contributed by atoms with E-state index in [1.54, 1.807) is 0 Å². The molecule has 1 aliphatic heterocycles. The maximum absolute atomic E-state index is 12.8. The molecule has 1 amide bonds. The van der Waals surface area contributed by atoms with Crippen LogP contribution in [0.1, 0.15) is 42.5 Å². The van der Waals surface area contributed by atoms with Gasteiger partial charge in [-0.2, -0.15) is 0 Å². The highest BCUT2D eigenvalue weighted by Crippen LogP contribution is 2.25. The van der Waals surface area contributed by atoms with Gasteiger partial charge >= 0.3 is 0 Å². The third kappa shape index (κ3) is 5.43. The molecule has 6 heteroatoms. The average Bonchev–Trinajstić information content (AvgIpc) is 2.71. The zero-order valence-electron chi connectivity index (χ0n) is 15.6. The first-order valence-corrected chi connectivity index (χ1v) is 9.78. The molecule has 26 heavy (non-hydrogen) atoms. The fourth-order valence-electron chi connectivity index (χ4n) is 3.73. The summed E-state index contributed by atoms with van der Waals surface area (Å²) in [5.74, 6) is 1.54. The predicted molar refractivity (Wildman–Crippen MR) is 101 cm³/mol. The van der Waals surface area contributed by atoms with E-state index >= 15 is 0 Å². The quantitative estimate of drug-likeness (QED) is 0.755. The standard InChI is InChI=1S/C20H31N3O3/c21-15-25-16-22-9-11-23(12-10-22)20(24)18-7-4-8-19(13-18)26-14-17-5-2-1-3-6-17/h4,7-8,13,17H,1-3,5-6,9-12,14-16,21H2. The summed E-state index contributed by atoms with van der Waals surface area (Å²) in [6, 6.07) is 7.62. The minimum Gasteiger partial charge on any atom is -0.493 e. The third-order valence-electron chi connectivity index (χ3n) is 5.34. The zero-order valence-corrected chi connectivity index (χ0v) is 15.6. The second kappa shape index (κ2) is 9.90. The van der Waals surface area contributed by atoms with E-state index in [0.717, 1.165) is 25.4 Å². The highest BCUT2D eigenvalue weighted by Gasteiger charge is 2.22. The van der Waals surface area contributed by atoms with Gasteiger partial charge in [0.25, 0.3) is 5.91 Å². The average molecular weight is 361 g/mol. The molecule has 1 aromatic rings. The van der Waals surface area contributed by atoms with E-state index in [1.165, 1.54) is 32.1 Å². The molecule has 0 spiro atoms. The van der Waals surface area contributed by atoms with Crippen molar-refractivity contribution in [2.75, 3.05) is 46.2 Å². The molecule has 1 aromatic carbocycles. The van der Waals surface area contributed by atoms with Crippen LogP contribution in [-0.2, 0) is 4.74 Å². The summed E-state index contributed by atoms with van der Waals surface area (Å²) in [5.41, 5.74) is 6.06. The van der Waals surface area contributed by atoms with Crippen LogP contribution in [0, 0.1) is 5.92 Å². The molecular formula is C20H31N3O3. The van der Waals surface area contributed by atoms with E-state index in [9.17, 15) is 4.79 Å². The first kappa shape index (κ1) is 19.1. The lowest BCUT2D eigenvalue weighted by molar-refractivity contribution is 0.00567. The normalized spacial score (nSPS) is 19.5. The van der Waals surface area contributed by atoms with Gasteiger partial charge in [-0.1, -0.05) is 25.3 Å². The van der Waals surface area contributed by atoms with E-state index in [-0.39, 0.29) is 12.6 Å². The molecule has 1 aliphatic carbocycles. The maximum atomic E-state index is 12.8. The largest absolute Gasteiger partial charge is 0.493 e. The molecule has 0 bridgehead atoms. The minimum absolute atomic E-state index is 0.0764. The Morgan fingerprint density at radius 2 is 1.88 bits per heavy atom. The van der Waals surface area contributed by atoms with Crippen molar-refractivity contribution >= 4 is 5.91 Å². The lowest BCUT2D eigenvalue weighted by atomic mass is 9.90. The Kier molecular flexibility index (Phi) is 7.29. The van der Waals surface area contributed by atoms with Crippen LogP contribution < -0.4 is 10.5 Å². The van der Waals surface area contributed by atoms with Crippen LogP contribution in [0.5, 0.6) is 5.75 Å². The molecule has 0 atom stereocenters. The lowest BCUT2D eigenvalue weighted by Crippen LogP contribution is -2.49. The van der Waals surface area contributed by atoms with Gasteiger partial charge in [0, 0.05) is 31.7 Å². The van der Waals surface area contributed by atoms with Crippen LogP contribution in [0.25, 0.3) is 0 Å². The molecule has 6 nitrogen and oxygen atoms in total. The molecular weight excluding hydrogens is 330 g/mol. The summed E-state index contributed by atoms with van der Waals surface area (Å²) in [6.45, 7) is 4.56. The Hall–Kier alpha value is -1.63. The van der Waals surface area contributed by atoms with Crippen molar-refractivity contribution in [1.82, 2.24) is 9.80 Å². The Bertz CT molecular complexity index is 567. The second-order valence-electron chi connectivity index (χ2n) is 7.25. The Morgan fingerprint density at radius 1 is 1.12 bits per heavy atom. The Morgan fingerprint density at radius 3 is 2.62 bits per heavy atom. The summed E-state index contributed by atoms with van der Waals surface area (Å²) in [4.78, 5) is 16.8. The van der Waals surface area contributed by atoms with Crippen LogP contribution in [-0.4, -0.2) is 62.0 Å². The van der Waals surface area contributed by atoms with Gasteiger partial charge in [0.05, 0.1) is 13.3 Å². The predicted octanol–water partition coefficient (Wildman–Crippen LogP) is 2.29. The van der Waals surface area contributed by atoms with Gasteiger partial charge in [-0.05, 0) is 37.0 Å². The highest BCUT2D eigenvalue weighted by molar-refractivity contribution is 5.94. The van der Waals surface area contributed by atoms with Crippen LogP contribution >= 0.6 is 0 Å². The molecule has 144 valence electrons. The van der Waals surface area contributed by atoms with Crippen molar-refractivity contribution in [1.29, 1.82) is 0 Å². The first-order chi connectivity index (χ1) is 12.8. The summed E-state index contributed by atoms with van der Waals surface area (Å²) in [7, 11) is 0. The zero-order chi connectivity index (χ0) is 18.2. The maximum Gasteiger partial charge on any atom is 0.254 e. The molecule has 0 aromatic heterocycles. The van der Waals surface area contributed by atoms with Crippen LogP contribution in [0.3, 0.4) is 0 Å². The number of benzene rings is 1. The molecule has 3 rings (SSSR count). The van der Waals surface area contributed by atoms with Gasteiger partial charge in [-0.3, -0.25) is 9.69 Å². The number of hydrogen-bond donors (Lipinski definition) is 1. The number of hydrogen-bond acceptors (Lipinski definition) is 5. The van der Waals surface area contributed by atoms with Crippen molar-refractivity contribution in [3.8, 4) is 5.75 Å². The number of rotatable bonds is 7. The lowest BCUT2D eigenvalue weighted by Gasteiger charge is -2.34. The molecule has 1 saturated heterocycles. The van der Waals surface area contributed by atoms with E-state index in [2.05, 4.69) is 4.90 Å². The number of carbonyl (C=O) groups is 1. The van der Waals surface area contributed by atoms with Crippen molar-refractivity contribution < 1.29 is 14.3 Å². The van der Waals surface area contributed by atoms with Gasteiger partial charge < -0.3 is 20.1 Å². The second-order valence-corrected chi connectivity index (χ2v) is 7.25. The van der Waals surface area contributed by atoms with Crippen LogP contribution in [0.15, 0.2) is 24.3 Å². The number of ether oxygens (including phenoxy) is 2. The van der Waals surface area contributed by atoms with E-state index in [0.29, 0.717) is 31.3 Å².